The van der Waals surface area contributed by atoms with E-state index >= 15 is 0 Å². The van der Waals surface area contributed by atoms with Crippen LogP contribution in [0.2, 0.25) is 0 Å². The highest BCUT2D eigenvalue weighted by Gasteiger charge is 2.33. The van der Waals surface area contributed by atoms with Crippen LogP contribution in [0.1, 0.15) is 16.1 Å². The minimum absolute atomic E-state index is 0.0631. The number of alkyl halides is 3. The van der Waals surface area contributed by atoms with E-state index in [9.17, 15) is 18.0 Å². The minimum atomic E-state index is -4.52. The molecule has 0 spiro atoms. The lowest BCUT2D eigenvalue weighted by atomic mass is 10.2. The molecule has 1 aromatic rings. The average Bonchev–Trinajstić information content (AvgIpc) is 2.36. The Morgan fingerprint density at radius 3 is 2.68 bits per heavy atom. The van der Waals surface area contributed by atoms with Gasteiger partial charge in [0.25, 0.3) is 5.91 Å². The maximum Gasteiger partial charge on any atom is 0.406 e. The molecule has 0 aliphatic rings. The monoisotopic (exact) mass is 277 g/mol. The first kappa shape index (κ1) is 15.4. The highest BCUT2D eigenvalue weighted by Crippen LogP contribution is 2.18. The van der Waals surface area contributed by atoms with E-state index < -0.39 is 31.8 Å². The SMILES string of the molecule is NCc1cc(C(=O)N(CCO)CC(F)(F)F)ccn1. The molecule has 0 radical (unpaired) electrons. The standard InChI is InChI=1S/C11H14F3N3O2/c12-11(13,14)7-17(3-4-18)10(19)8-1-2-16-9(5-8)6-15/h1-2,5,18H,3-4,6-7,15H2. The lowest BCUT2D eigenvalue weighted by Gasteiger charge is -2.23. The molecule has 1 rings (SSSR count). The number of halogens is 3. The fraction of sp³-hybridized carbons (Fsp3) is 0.455. The summed E-state index contributed by atoms with van der Waals surface area (Å²) >= 11 is 0. The van der Waals surface area contributed by atoms with Crippen molar-refractivity contribution in [2.75, 3.05) is 19.7 Å². The van der Waals surface area contributed by atoms with E-state index in [0.717, 1.165) is 0 Å². The third kappa shape index (κ3) is 4.84. The maximum atomic E-state index is 12.3. The van der Waals surface area contributed by atoms with Crippen molar-refractivity contribution in [3.8, 4) is 0 Å². The Morgan fingerprint density at radius 2 is 2.16 bits per heavy atom. The van der Waals surface area contributed by atoms with E-state index in [2.05, 4.69) is 4.98 Å². The number of hydrogen-bond acceptors (Lipinski definition) is 4. The number of carbonyl (C=O) groups excluding carboxylic acids is 1. The predicted molar refractivity (Wildman–Crippen MR) is 61.2 cm³/mol. The van der Waals surface area contributed by atoms with Gasteiger partial charge >= 0.3 is 6.18 Å². The van der Waals surface area contributed by atoms with E-state index in [4.69, 9.17) is 10.8 Å². The Bertz CT molecular complexity index is 437. The molecule has 1 amide bonds. The number of rotatable bonds is 5. The van der Waals surface area contributed by atoms with Gasteiger partial charge in [0.15, 0.2) is 0 Å². The van der Waals surface area contributed by atoms with Gasteiger partial charge in [-0.25, -0.2) is 0 Å². The van der Waals surface area contributed by atoms with E-state index in [1.807, 2.05) is 0 Å². The first-order chi connectivity index (χ1) is 8.87. The zero-order valence-corrected chi connectivity index (χ0v) is 10.0. The van der Waals surface area contributed by atoms with Gasteiger partial charge in [0.05, 0.1) is 12.3 Å². The van der Waals surface area contributed by atoms with Gasteiger partial charge in [-0.15, -0.1) is 0 Å². The largest absolute Gasteiger partial charge is 0.406 e. The molecule has 8 heteroatoms. The highest BCUT2D eigenvalue weighted by molar-refractivity contribution is 5.94. The number of nitrogens with two attached hydrogens (primary N) is 1. The highest BCUT2D eigenvalue weighted by atomic mass is 19.4. The molecule has 0 bridgehead atoms. The zero-order chi connectivity index (χ0) is 14.5. The van der Waals surface area contributed by atoms with Crippen LogP contribution in [-0.2, 0) is 6.54 Å². The minimum Gasteiger partial charge on any atom is -0.395 e. The number of aromatic nitrogens is 1. The number of pyridine rings is 1. The van der Waals surface area contributed by atoms with Crippen molar-refractivity contribution >= 4 is 5.91 Å². The lowest BCUT2D eigenvalue weighted by molar-refractivity contribution is -0.141. The second kappa shape index (κ2) is 6.48. The molecule has 1 heterocycles. The van der Waals surface area contributed by atoms with E-state index in [0.29, 0.717) is 10.6 Å². The van der Waals surface area contributed by atoms with Crippen molar-refractivity contribution in [2.45, 2.75) is 12.7 Å². The average molecular weight is 277 g/mol. The Hall–Kier alpha value is -1.67. The quantitative estimate of drug-likeness (QED) is 0.823. The Labute approximate surface area is 107 Å². The van der Waals surface area contributed by atoms with Crippen LogP contribution in [-0.4, -0.2) is 46.8 Å². The number of hydrogen-bond donors (Lipinski definition) is 2. The van der Waals surface area contributed by atoms with Crippen LogP contribution in [0.4, 0.5) is 13.2 Å². The number of nitrogens with zero attached hydrogens (tertiary/aromatic N) is 2. The molecule has 0 aliphatic carbocycles. The predicted octanol–water partition coefficient (Wildman–Crippen LogP) is 0.537. The Balaban J connectivity index is 2.91. The molecule has 0 aliphatic heterocycles. The summed E-state index contributed by atoms with van der Waals surface area (Å²) < 4.78 is 37.0. The Morgan fingerprint density at radius 1 is 1.47 bits per heavy atom. The van der Waals surface area contributed by atoms with Crippen LogP contribution in [0.15, 0.2) is 18.3 Å². The fourth-order valence-corrected chi connectivity index (χ4v) is 1.49. The second-order valence-corrected chi connectivity index (χ2v) is 3.81. The van der Waals surface area contributed by atoms with Gasteiger partial charge in [0.1, 0.15) is 6.54 Å². The van der Waals surface area contributed by atoms with Gasteiger partial charge in [-0.2, -0.15) is 13.2 Å². The first-order valence-corrected chi connectivity index (χ1v) is 5.49. The van der Waals surface area contributed by atoms with Crippen LogP contribution >= 0.6 is 0 Å². The van der Waals surface area contributed by atoms with E-state index in [-0.39, 0.29) is 12.1 Å². The van der Waals surface area contributed by atoms with Gasteiger partial charge in [0, 0.05) is 24.8 Å². The molecule has 0 aromatic carbocycles. The van der Waals surface area contributed by atoms with Gasteiger partial charge in [-0.05, 0) is 12.1 Å². The number of aliphatic hydroxyl groups is 1. The molecule has 0 unspecified atom stereocenters. The molecular formula is C11H14F3N3O2. The summed E-state index contributed by atoms with van der Waals surface area (Å²) in [5.41, 5.74) is 5.82. The molecule has 3 N–H and O–H groups in total. The topological polar surface area (TPSA) is 79.5 Å². The first-order valence-electron chi connectivity index (χ1n) is 5.49. The second-order valence-electron chi connectivity index (χ2n) is 3.81. The maximum absolute atomic E-state index is 12.3. The van der Waals surface area contributed by atoms with Crippen LogP contribution in [0, 0.1) is 0 Å². The Kier molecular flexibility index (Phi) is 5.25. The van der Waals surface area contributed by atoms with Crippen molar-refractivity contribution < 1.29 is 23.1 Å². The van der Waals surface area contributed by atoms with Gasteiger partial charge in [-0.1, -0.05) is 0 Å². The summed E-state index contributed by atoms with van der Waals surface area (Å²) in [5, 5.41) is 8.74. The van der Waals surface area contributed by atoms with Crippen LogP contribution < -0.4 is 5.73 Å². The number of amides is 1. The summed E-state index contributed by atoms with van der Waals surface area (Å²) in [6, 6.07) is 2.64. The molecule has 106 valence electrons. The van der Waals surface area contributed by atoms with Gasteiger partial charge in [-0.3, -0.25) is 9.78 Å². The summed E-state index contributed by atoms with van der Waals surface area (Å²) in [6.45, 7) is -2.26. The molecule has 0 saturated heterocycles. The third-order valence-corrected chi connectivity index (χ3v) is 2.30. The van der Waals surface area contributed by atoms with E-state index in [1.165, 1.54) is 18.3 Å². The van der Waals surface area contributed by atoms with Crippen molar-refractivity contribution in [1.29, 1.82) is 0 Å². The molecule has 0 atom stereocenters. The third-order valence-electron chi connectivity index (χ3n) is 2.30. The van der Waals surface area contributed by atoms with E-state index in [1.54, 1.807) is 0 Å². The summed E-state index contributed by atoms with van der Waals surface area (Å²) in [6.07, 6.45) is -3.21. The van der Waals surface area contributed by atoms with Gasteiger partial charge < -0.3 is 15.7 Å². The van der Waals surface area contributed by atoms with Crippen molar-refractivity contribution in [3.63, 3.8) is 0 Å². The normalized spacial score (nSPS) is 11.4. The van der Waals surface area contributed by atoms with Crippen LogP contribution in [0.3, 0.4) is 0 Å². The van der Waals surface area contributed by atoms with Crippen molar-refractivity contribution in [2.24, 2.45) is 5.73 Å². The molecule has 19 heavy (non-hydrogen) atoms. The van der Waals surface area contributed by atoms with Crippen molar-refractivity contribution in [1.82, 2.24) is 9.88 Å². The molecule has 0 fully saturated rings. The molecule has 1 aromatic heterocycles. The molecular weight excluding hydrogens is 263 g/mol. The van der Waals surface area contributed by atoms with Crippen LogP contribution in [0.5, 0.6) is 0 Å². The summed E-state index contributed by atoms with van der Waals surface area (Å²) in [4.78, 5) is 16.3. The fourth-order valence-electron chi connectivity index (χ4n) is 1.49. The lowest BCUT2D eigenvalue weighted by Crippen LogP contribution is -2.40. The molecule has 5 nitrogen and oxygen atoms in total. The smallest absolute Gasteiger partial charge is 0.395 e. The zero-order valence-electron chi connectivity index (χ0n) is 10.0. The number of aliphatic hydroxyl groups excluding tert-OH is 1. The van der Waals surface area contributed by atoms with Crippen molar-refractivity contribution in [3.05, 3.63) is 29.6 Å². The summed E-state index contributed by atoms with van der Waals surface area (Å²) in [7, 11) is 0. The van der Waals surface area contributed by atoms with Gasteiger partial charge in [0.2, 0.25) is 0 Å². The number of carbonyl (C=O) groups is 1. The summed E-state index contributed by atoms with van der Waals surface area (Å²) in [5.74, 6) is -0.816. The molecule has 0 saturated carbocycles. The van der Waals surface area contributed by atoms with Crippen LogP contribution in [0.25, 0.3) is 0 Å².